The van der Waals surface area contributed by atoms with Crippen LogP contribution in [0, 0.1) is 0 Å². The standard InChI is InChI=1S/C26H16O8/c27-18-15(14-12-7-3-1-5-10(12)9-11-6-2-4-8-13(11)14)25-16(19(28)21(18)30)17-20(29)22(31)23(32)24(33)26(17)34-25/h1-9,27-33H. The molecule has 0 saturated carbocycles. The van der Waals surface area contributed by atoms with Gasteiger partial charge in [0.05, 0.1) is 16.3 Å². The van der Waals surface area contributed by atoms with Gasteiger partial charge in [0.2, 0.25) is 23.0 Å². The molecule has 0 unspecified atom stereocenters. The van der Waals surface area contributed by atoms with E-state index in [0.717, 1.165) is 10.8 Å². The van der Waals surface area contributed by atoms with E-state index in [4.69, 9.17) is 4.42 Å². The summed E-state index contributed by atoms with van der Waals surface area (Å²) < 4.78 is 5.79. The van der Waals surface area contributed by atoms with Crippen LogP contribution in [0.15, 0.2) is 59.0 Å². The molecule has 0 atom stereocenters. The number of furan rings is 1. The van der Waals surface area contributed by atoms with Gasteiger partial charge in [0.15, 0.2) is 28.4 Å². The van der Waals surface area contributed by atoms with Crippen LogP contribution in [-0.2, 0) is 0 Å². The van der Waals surface area contributed by atoms with Crippen LogP contribution in [0.1, 0.15) is 0 Å². The number of rotatable bonds is 1. The fourth-order valence-corrected chi connectivity index (χ4v) is 4.65. The van der Waals surface area contributed by atoms with Crippen molar-refractivity contribution in [2.75, 3.05) is 0 Å². The molecule has 34 heavy (non-hydrogen) atoms. The molecule has 8 heteroatoms. The van der Waals surface area contributed by atoms with Crippen LogP contribution in [0.4, 0.5) is 0 Å². The molecule has 0 aliphatic carbocycles. The second-order valence-electron chi connectivity index (χ2n) is 8.02. The van der Waals surface area contributed by atoms with Crippen molar-refractivity contribution in [3.05, 3.63) is 54.6 Å². The van der Waals surface area contributed by atoms with Gasteiger partial charge in [-0.15, -0.1) is 0 Å². The van der Waals surface area contributed by atoms with E-state index in [9.17, 15) is 35.7 Å². The first-order valence-electron chi connectivity index (χ1n) is 10.2. The Bertz CT molecular complexity index is 1780. The van der Waals surface area contributed by atoms with Gasteiger partial charge in [-0.05, 0) is 27.6 Å². The number of phenols is 7. The third-order valence-electron chi connectivity index (χ3n) is 6.20. The van der Waals surface area contributed by atoms with Crippen molar-refractivity contribution in [3.8, 4) is 51.4 Å². The summed E-state index contributed by atoms with van der Waals surface area (Å²) in [6.45, 7) is 0. The van der Waals surface area contributed by atoms with Gasteiger partial charge >= 0.3 is 0 Å². The highest BCUT2D eigenvalue weighted by atomic mass is 16.4. The first kappa shape index (κ1) is 19.7. The number of benzene rings is 5. The van der Waals surface area contributed by atoms with Crippen LogP contribution < -0.4 is 0 Å². The van der Waals surface area contributed by atoms with E-state index < -0.39 is 45.8 Å². The van der Waals surface area contributed by atoms with Crippen LogP contribution in [0.5, 0.6) is 40.2 Å². The Kier molecular flexibility index (Phi) is 3.77. The number of phenolic OH excluding ortho intramolecular Hbond substituents is 7. The molecule has 168 valence electrons. The molecule has 0 aliphatic rings. The Morgan fingerprint density at radius 1 is 0.441 bits per heavy atom. The zero-order valence-electron chi connectivity index (χ0n) is 17.2. The third kappa shape index (κ3) is 2.31. The second-order valence-corrected chi connectivity index (χ2v) is 8.02. The van der Waals surface area contributed by atoms with Crippen molar-refractivity contribution >= 4 is 43.5 Å². The maximum atomic E-state index is 11.0. The predicted octanol–water partition coefficient (Wildman–Crippen LogP) is 5.50. The highest BCUT2D eigenvalue weighted by molar-refractivity contribution is 6.24. The molecule has 6 rings (SSSR count). The van der Waals surface area contributed by atoms with E-state index in [1.165, 1.54) is 0 Å². The van der Waals surface area contributed by atoms with Gasteiger partial charge in [0.1, 0.15) is 0 Å². The third-order valence-corrected chi connectivity index (χ3v) is 6.20. The number of fused-ring (bicyclic) bond motifs is 5. The van der Waals surface area contributed by atoms with E-state index in [2.05, 4.69) is 0 Å². The zero-order valence-corrected chi connectivity index (χ0v) is 17.2. The number of aromatic hydroxyl groups is 7. The molecule has 0 fully saturated rings. The quantitative estimate of drug-likeness (QED) is 0.0972. The van der Waals surface area contributed by atoms with Gasteiger partial charge in [-0.3, -0.25) is 0 Å². The molecular weight excluding hydrogens is 440 g/mol. The van der Waals surface area contributed by atoms with E-state index in [1.807, 2.05) is 54.6 Å². The van der Waals surface area contributed by atoms with Crippen LogP contribution in [-0.4, -0.2) is 35.7 Å². The van der Waals surface area contributed by atoms with Gasteiger partial charge in [-0.2, -0.15) is 0 Å². The topological polar surface area (TPSA) is 155 Å². The fraction of sp³-hybridized carbons (Fsp3) is 0. The normalized spacial score (nSPS) is 11.8. The van der Waals surface area contributed by atoms with Gasteiger partial charge in [-0.1, -0.05) is 48.5 Å². The largest absolute Gasteiger partial charge is 0.504 e. The van der Waals surface area contributed by atoms with Gasteiger partial charge in [0.25, 0.3) is 0 Å². The van der Waals surface area contributed by atoms with E-state index in [1.54, 1.807) is 0 Å². The Morgan fingerprint density at radius 2 is 0.912 bits per heavy atom. The van der Waals surface area contributed by atoms with Crippen molar-refractivity contribution in [1.29, 1.82) is 0 Å². The molecule has 6 aromatic rings. The second kappa shape index (κ2) is 6.52. The van der Waals surface area contributed by atoms with E-state index >= 15 is 0 Å². The lowest BCUT2D eigenvalue weighted by Crippen LogP contribution is -1.88. The minimum atomic E-state index is -1.03. The molecule has 8 nitrogen and oxygen atoms in total. The van der Waals surface area contributed by atoms with Gasteiger partial charge in [0, 0.05) is 5.56 Å². The minimum absolute atomic E-state index is 0.00715. The summed E-state index contributed by atoms with van der Waals surface area (Å²) in [4.78, 5) is 0. The van der Waals surface area contributed by atoms with Crippen LogP contribution in [0.3, 0.4) is 0 Å². The summed E-state index contributed by atoms with van der Waals surface area (Å²) in [5, 5.41) is 75.7. The molecule has 0 bridgehead atoms. The molecule has 5 aromatic carbocycles. The Hall–Kier alpha value is -4.98. The maximum absolute atomic E-state index is 11.0. The Labute approximate surface area is 190 Å². The lowest BCUT2D eigenvalue weighted by Gasteiger charge is -2.15. The monoisotopic (exact) mass is 456 g/mol. The van der Waals surface area contributed by atoms with Crippen molar-refractivity contribution in [1.82, 2.24) is 0 Å². The SMILES string of the molecule is Oc1c(O)c(O)c2c(oc3c(-c4c5ccccc5cc5ccccc45)c(O)c(O)c(O)c32)c1O. The highest BCUT2D eigenvalue weighted by Crippen LogP contribution is 2.59. The van der Waals surface area contributed by atoms with Gasteiger partial charge < -0.3 is 40.2 Å². The fourth-order valence-electron chi connectivity index (χ4n) is 4.65. The van der Waals surface area contributed by atoms with Crippen LogP contribution >= 0.6 is 0 Å². The summed E-state index contributed by atoms with van der Waals surface area (Å²) in [7, 11) is 0. The highest BCUT2D eigenvalue weighted by Gasteiger charge is 2.31. The van der Waals surface area contributed by atoms with Crippen molar-refractivity contribution in [2.24, 2.45) is 0 Å². The summed E-state index contributed by atoms with van der Waals surface area (Å²) in [5.41, 5.74) is -0.168. The van der Waals surface area contributed by atoms with Crippen molar-refractivity contribution < 1.29 is 40.2 Å². The summed E-state index contributed by atoms with van der Waals surface area (Å²) >= 11 is 0. The first-order valence-corrected chi connectivity index (χ1v) is 10.2. The Balaban J connectivity index is 1.94. The Morgan fingerprint density at radius 3 is 1.50 bits per heavy atom. The lowest BCUT2D eigenvalue weighted by molar-refractivity contribution is 0.348. The molecule has 0 amide bonds. The molecule has 0 spiro atoms. The number of hydrogen-bond acceptors (Lipinski definition) is 8. The first-order chi connectivity index (χ1) is 16.3. The molecular formula is C26H16O8. The van der Waals surface area contributed by atoms with Crippen LogP contribution in [0.2, 0.25) is 0 Å². The molecule has 1 aromatic heterocycles. The average Bonchev–Trinajstić information content (AvgIpc) is 3.25. The van der Waals surface area contributed by atoms with E-state index in [-0.39, 0.29) is 21.9 Å². The average molecular weight is 456 g/mol. The predicted molar refractivity (Wildman–Crippen MR) is 126 cm³/mol. The lowest BCUT2D eigenvalue weighted by atomic mass is 9.90. The molecule has 0 radical (unpaired) electrons. The maximum Gasteiger partial charge on any atom is 0.208 e. The summed E-state index contributed by atoms with van der Waals surface area (Å²) in [5.74, 6) is -6.20. The van der Waals surface area contributed by atoms with Gasteiger partial charge in [-0.25, -0.2) is 0 Å². The van der Waals surface area contributed by atoms with Crippen molar-refractivity contribution in [3.63, 3.8) is 0 Å². The smallest absolute Gasteiger partial charge is 0.208 e. The van der Waals surface area contributed by atoms with Crippen molar-refractivity contribution in [2.45, 2.75) is 0 Å². The molecule has 0 aliphatic heterocycles. The number of hydrogen-bond donors (Lipinski definition) is 7. The zero-order chi connectivity index (χ0) is 23.9. The van der Waals surface area contributed by atoms with Crippen LogP contribution in [0.25, 0.3) is 54.6 Å². The van der Waals surface area contributed by atoms with E-state index in [0.29, 0.717) is 16.3 Å². The molecule has 0 saturated heterocycles. The summed E-state index contributed by atoms with van der Waals surface area (Å²) in [6, 6.07) is 16.7. The molecule has 7 N–H and O–H groups in total. The molecule has 1 heterocycles. The summed E-state index contributed by atoms with van der Waals surface area (Å²) in [6.07, 6.45) is 0. The minimum Gasteiger partial charge on any atom is -0.504 e.